The number of ether oxygens (including phenoxy) is 4. The summed E-state index contributed by atoms with van der Waals surface area (Å²) in [5.74, 6) is 1.95. The standard InChI is InChI=1S/C25H21NO6/c1-29-18-7-3-16(4-8-18)13-23-25(28)21-12-11-20(14-22(21)32-23)31-15-24(27)26-17-5-9-19(30-2)10-6-17/h3-14H,15H2,1-2H3,(H,26,27). The summed E-state index contributed by atoms with van der Waals surface area (Å²) in [4.78, 5) is 24.8. The Morgan fingerprint density at radius 1 is 0.906 bits per heavy atom. The number of allylic oxidation sites excluding steroid dienone is 1. The van der Waals surface area contributed by atoms with E-state index >= 15 is 0 Å². The van der Waals surface area contributed by atoms with E-state index in [1.807, 2.05) is 24.3 Å². The molecule has 0 spiro atoms. The van der Waals surface area contributed by atoms with Crippen molar-refractivity contribution in [1.29, 1.82) is 0 Å². The zero-order chi connectivity index (χ0) is 22.5. The van der Waals surface area contributed by atoms with Gasteiger partial charge >= 0.3 is 0 Å². The van der Waals surface area contributed by atoms with E-state index in [4.69, 9.17) is 18.9 Å². The van der Waals surface area contributed by atoms with Crippen LogP contribution in [0.4, 0.5) is 5.69 Å². The molecule has 0 unspecified atom stereocenters. The number of anilines is 1. The van der Waals surface area contributed by atoms with Gasteiger partial charge in [-0.05, 0) is 60.2 Å². The number of ketones is 1. The molecule has 1 amide bonds. The number of hydrogen-bond acceptors (Lipinski definition) is 6. The maximum Gasteiger partial charge on any atom is 0.262 e. The van der Waals surface area contributed by atoms with Crippen molar-refractivity contribution < 1.29 is 28.5 Å². The van der Waals surface area contributed by atoms with Crippen molar-refractivity contribution >= 4 is 23.5 Å². The summed E-state index contributed by atoms with van der Waals surface area (Å²) >= 11 is 0. The van der Waals surface area contributed by atoms with Gasteiger partial charge in [0, 0.05) is 11.8 Å². The third kappa shape index (κ3) is 4.73. The summed E-state index contributed by atoms with van der Waals surface area (Å²) in [6.07, 6.45) is 1.67. The fraction of sp³-hybridized carbons (Fsp3) is 0.120. The Bertz CT molecular complexity index is 1170. The minimum absolute atomic E-state index is 0.187. The molecule has 7 heteroatoms. The molecule has 3 aromatic rings. The largest absolute Gasteiger partial charge is 0.497 e. The summed E-state index contributed by atoms with van der Waals surface area (Å²) in [6, 6.07) is 19.1. The van der Waals surface area contributed by atoms with Gasteiger partial charge in [0.25, 0.3) is 5.91 Å². The maximum absolute atomic E-state index is 12.6. The van der Waals surface area contributed by atoms with Gasteiger partial charge in [-0.1, -0.05) is 12.1 Å². The number of benzene rings is 3. The number of methoxy groups -OCH3 is 2. The van der Waals surface area contributed by atoms with E-state index < -0.39 is 0 Å². The third-order valence-electron chi connectivity index (χ3n) is 4.80. The molecule has 0 fully saturated rings. The van der Waals surface area contributed by atoms with Crippen LogP contribution in [0.5, 0.6) is 23.0 Å². The Labute approximate surface area is 185 Å². The van der Waals surface area contributed by atoms with Crippen molar-refractivity contribution in [2.45, 2.75) is 0 Å². The van der Waals surface area contributed by atoms with E-state index in [-0.39, 0.29) is 24.1 Å². The van der Waals surface area contributed by atoms with Crippen LogP contribution < -0.4 is 24.3 Å². The maximum atomic E-state index is 12.6. The molecular formula is C25H21NO6. The van der Waals surface area contributed by atoms with Crippen molar-refractivity contribution in [1.82, 2.24) is 0 Å². The van der Waals surface area contributed by atoms with Gasteiger partial charge in [-0.25, -0.2) is 0 Å². The summed E-state index contributed by atoms with van der Waals surface area (Å²) < 4.78 is 21.5. The van der Waals surface area contributed by atoms with Crippen molar-refractivity contribution in [2.24, 2.45) is 0 Å². The average molecular weight is 431 g/mol. The molecule has 162 valence electrons. The predicted molar refractivity (Wildman–Crippen MR) is 119 cm³/mol. The summed E-state index contributed by atoms with van der Waals surface area (Å²) in [7, 11) is 3.17. The quantitative estimate of drug-likeness (QED) is 0.561. The molecule has 0 aromatic heterocycles. The van der Waals surface area contributed by atoms with Gasteiger partial charge in [-0.2, -0.15) is 0 Å². The van der Waals surface area contributed by atoms with Crippen LogP contribution in [0.25, 0.3) is 6.08 Å². The van der Waals surface area contributed by atoms with Crippen LogP contribution >= 0.6 is 0 Å². The van der Waals surface area contributed by atoms with E-state index in [1.54, 1.807) is 62.8 Å². The van der Waals surface area contributed by atoms with Crippen molar-refractivity contribution in [2.75, 3.05) is 26.1 Å². The summed E-state index contributed by atoms with van der Waals surface area (Å²) in [6.45, 7) is -0.187. The van der Waals surface area contributed by atoms with E-state index in [0.29, 0.717) is 28.5 Å². The molecular weight excluding hydrogens is 410 g/mol. The van der Waals surface area contributed by atoms with E-state index in [1.165, 1.54) is 0 Å². The number of amides is 1. The van der Waals surface area contributed by atoms with Crippen LogP contribution in [0.15, 0.2) is 72.5 Å². The number of carbonyl (C=O) groups excluding carboxylic acids is 2. The molecule has 3 aromatic carbocycles. The van der Waals surface area contributed by atoms with Gasteiger partial charge in [-0.3, -0.25) is 9.59 Å². The number of fused-ring (bicyclic) bond motifs is 1. The average Bonchev–Trinajstić information content (AvgIpc) is 3.13. The smallest absolute Gasteiger partial charge is 0.262 e. The van der Waals surface area contributed by atoms with Crippen LogP contribution in [-0.4, -0.2) is 32.5 Å². The molecule has 1 aliphatic rings. The topological polar surface area (TPSA) is 83.1 Å². The first-order valence-electron chi connectivity index (χ1n) is 9.85. The lowest BCUT2D eigenvalue weighted by molar-refractivity contribution is -0.118. The van der Waals surface area contributed by atoms with Gasteiger partial charge in [0.05, 0.1) is 19.8 Å². The monoisotopic (exact) mass is 431 g/mol. The molecule has 0 bridgehead atoms. The minimum atomic E-state index is -0.312. The third-order valence-corrected chi connectivity index (χ3v) is 4.80. The first-order valence-corrected chi connectivity index (χ1v) is 9.85. The number of hydrogen-bond donors (Lipinski definition) is 1. The van der Waals surface area contributed by atoms with Gasteiger partial charge < -0.3 is 24.3 Å². The highest BCUT2D eigenvalue weighted by Gasteiger charge is 2.27. The fourth-order valence-electron chi connectivity index (χ4n) is 3.13. The molecule has 0 aliphatic carbocycles. The van der Waals surface area contributed by atoms with E-state index in [2.05, 4.69) is 5.32 Å². The normalized spacial score (nSPS) is 13.3. The van der Waals surface area contributed by atoms with Crippen LogP contribution in [0.2, 0.25) is 0 Å². The number of Topliss-reactive ketones (excluding diaryl/α,β-unsaturated/α-hetero) is 1. The highest BCUT2D eigenvalue weighted by molar-refractivity contribution is 6.14. The Kier molecular flexibility index (Phi) is 6.07. The Hall–Kier alpha value is -4.26. The highest BCUT2D eigenvalue weighted by Crippen LogP contribution is 2.35. The van der Waals surface area contributed by atoms with E-state index in [0.717, 1.165) is 11.3 Å². The van der Waals surface area contributed by atoms with Crippen LogP contribution in [-0.2, 0) is 4.79 Å². The zero-order valence-corrected chi connectivity index (χ0v) is 17.6. The second-order valence-electron chi connectivity index (χ2n) is 6.94. The summed E-state index contributed by atoms with van der Waals surface area (Å²) in [5.41, 5.74) is 1.89. The molecule has 0 saturated carbocycles. The number of rotatable bonds is 7. The second kappa shape index (κ2) is 9.26. The van der Waals surface area contributed by atoms with Crippen LogP contribution in [0, 0.1) is 0 Å². The first kappa shape index (κ1) is 21.0. The molecule has 0 atom stereocenters. The number of nitrogens with one attached hydrogen (secondary N) is 1. The van der Waals surface area contributed by atoms with E-state index in [9.17, 15) is 9.59 Å². The fourth-order valence-corrected chi connectivity index (χ4v) is 3.13. The van der Waals surface area contributed by atoms with Crippen LogP contribution in [0.3, 0.4) is 0 Å². The molecule has 4 rings (SSSR count). The first-order chi connectivity index (χ1) is 15.6. The minimum Gasteiger partial charge on any atom is -0.497 e. The molecule has 7 nitrogen and oxygen atoms in total. The van der Waals surface area contributed by atoms with Crippen LogP contribution in [0.1, 0.15) is 15.9 Å². The van der Waals surface area contributed by atoms with Gasteiger partial charge in [0.1, 0.15) is 23.0 Å². The Morgan fingerprint density at radius 3 is 2.19 bits per heavy atom. The van der Waals surface area contributed by atoms with Gasteiger partial charge in [0.2, 0.25) is 5.78 Å². The van der Waals surface area contributed by atoms with Crippen molar-refractivity contribution in [3.8, 4) is 23.0 Å². The lowest BCUT2D eigenvalue weighted by Crippen LogP contribution is -2.20. The SMILES string of the molecule is COc1ccc(C=C2Oc3cc(OCC(=O)Nc4ccc(OC)cc4)ccc3C2=O)cc1. The lowest BCUT2D eigenvalue weighted by Gasteiger charge is -2.09. The lowest BCUT2D eigenvalue weighted by atomic mass is 10.1. The van der Waals surface area contributed by atoms with Gasteiger partial charge in [0.15, 0.2) is 12.4 Å². The van der Waals surface area contributed by atoms with Crippen molar-refractivity contribution in [3.05, 3.63) is 83.6 Å². The molecule has 1 N–H and O–H groups in total. The van der Waals surface area contributed by atoms with Crippen molar-refractivity contribution in [3.63, 3.8) is 0 Å². The highest BCUT2D eigenvalue weighted by atomic mass is 16.5. The van der Waals surface area contributed by atoms with Gasteiger partial charge in [-0.15, -0.1) is 0 Å². The molecule has 0 radical (unpaired) electrons. The predicted octanol–water partition coefficient (Wildman–Crippen LogP) is 4.34. The second-order valence-corrected chi connectivity index (χ2v) is 6.94. The molecule has 1 aliphatic heterocycles. The Balaban J connectivity index is 1.38. The molecule has 1 heterocycles. The summed E-state index contributed by atoms with van der Waals surface area (Å²) in [5, 5.41) is 2.74. The molecule has 0 saturated heterocycles. The molecule has 32 heavy (non-hydrogen) atoms. The Morgan fingerprint density at radius 2 is 1.53 bits per heavy atom. The number of carbonyl (C=O) groups is 2. The zero-order valence-electron chi connectivity index (χ0n) is 17.6.